The van der Waals surface area contributed by atoms with E-state index in [1.807, 2.05) is 0 Å². The number of benzene rings is 2. The molecule has 0 fully saturated rings. The number of aliphatic hydroxyl groups is 1. The van der Waals surface area contributed by atoms with Gasteiger partial charge in [-0.1, -0.05) is 12.1 Å². The summed E-state index contributed by atoms with van der Waals surface area (Å²) in [4.78, 5) is 35.6. The van der Waals surface area contributed by atoms with Crippen LogP contribution in [0.15, 0.2) is 48.5 Å². The normalized spacial score (nSPS) is 10.1. The fourth-order valence-electron chi connectivity index (χ4n) is 2.18. The molecule has 2 aromatic carbocycles. The summed E-state index contributed by atoms with van der Waals surface area (Å²) in [6.45, 7) is -0.737. The van der Waals surface area contributed by atoms with Crippen molar-refractivity contribution in [2.75, 3.05) is 36.9 Å². The molecule has 0 aliphatic heterocycles. The lowest BCUT2D eigenvalue weighted by molar-refractivity contribution is -0.126. The highest BCUT2D eigenvalue weighted by atomic mass is 19.1. The summed E-state index contributed by atoms with van der Waals surface area (Å²) in [6.07, 6.45) is 0. The molecule has 148 valence electrons. The van der Waals surface area contributed by atoms with Crippen LogP contribution in [0, 0.1) is 5.82 Å². The van der Waals surface area contributed by atoms with Crippen molar-refractivity contribution >= 4 is 29.2 Å². The second-order valence-corrected chi connectivity index (χ2v) is 5.60. The molecule has 0 radical (unpaired) electrons. The molecule has 8 nitrogen and oxygen atoms in total. The number of aliphatic hydroxyl groups excluding tert-OH is 1. The Morgan fingerprint density at radius 3 is 2.43 bits per heavy atom. The minimum Gasteiger partial charge on any atom is -0.452 e. The van der Waals surface area contributed by atoms with E-state index in [0.717, 1.165) is 0 Å². The quantitative estimate of drug-likeness (QED) is 0.478. The van der Waals surface area contributed by atoms with E-state index in [2.05, 4.69) is 16.0 Å². The average Bonchev–Trinajstić information content (AvgIpc) is 2.70. The molecule has 0 bridgehead atoms. The smallest absolute Gasteiger partial charge is 0.340 e. The first kappa shape index (κ1) is 20.8. The lowest BCUT2D eigenvalue weighted by Crippen LogP contribution is -2.35. The van der Waals surface area contributed by atoms with E-state index in [1.165, 1.54) is 30.3 Å². The number of nitrogens with one attached hydrogen (secondary N) is 3. The zero-order chi connectivity index (χ0) is 20.4. The number of hydrogen-bond donors (Lipinski definition) is 4. The van der Waals surface area contributed by atoms with Crippen LogP contribution in [0.5, 0.6) is 0 Å². The summed E-state index contributed by atoms with van der Waals surface area (Å²) < 4.78 is 17.8. The number of esters is 1. The topological polar surface area (TPSA) is 117 Å². The van der Waals surface area contributed by atoms with Gasteiger partial charge in [0.15, 0.2) is 6.61 Å². The number of para-hydroxylation sites is 1. The zero-order valence-electron chi connectivity index (χ0n) is 14.9. The molecule has 0 aromatic heterocycles. The molecule has 2 amide bonds. The first-order valence-corrected chi connectivity index (χ1v) is 8.42. The summed E-state index contributed by atoms with van der Waals surface area (Å²) in [5.74, 6) is -2.30. The van der Waals surface area contributed by atoms with Crippen LogP contribution in [0.2, 0.25) is 0 Å². The van der Waals surface area contributed by atoms with Crippen LogP contribution in [0.25, 0.3) is 0 Å². The second kappa shape index (κ2) is 10.6. The number of ether oxygens (including phenoxy) is 1. The van der Waals surface area contributed by atoms with Gasteiger partial charge in [0.2, 0.25) is 5.91 Å². The van der Waals surface area contributed by atoms with E-state index in [4.69, 9.17) is 9.84 Å². The molecule has 2 aromatic rings. The maximum Gasteiger partial charge on any atom is 0.340 e. The van der Waals surface area contributed by atoms with Crippen molar-refractivity contribution in [1.82, 2.24) is 5.32 Å². The van der Waals surface area contributed by atoms with Gasteiger partial charge in [-0.25, -0.2) is 9.18 Å². The molecule has 0 unspecified atom stereocenters. The molecule has 4 N–H and O–H groups in total. The molecule has 2 rings (SSSR count). The fourth-order valence-corrected chi connectivity index (χ4v) is 2.18. The summed E-state index contributed by atoms with van der Waals surface area (Å²) in [5.41, 5.74) is 1.08. The van der Waals surface area contributed by atoms with E-state index in [0.29, 0.717) is 11.4 Å². The van der Waals surface area contributed by atoms with Crippen LogP contribution in [-0.4, -0.2) is 49.2 Å². The second-order valence-electron chi connectivity index (χ2n) is 5.60. The first-order chi connectivity index (χ1) is 13.5. The Morgan fingerprint density at radius 2 is 1.71 bits per heavy atom. The highest BCUT2D eigenvalue weighted by Crippen LogP contribution is 2.15. The molecule has 0 aliphatic rings. The van der Waals surface area contributed by atoms with E-state index in [-0.39, 0.29) is 25.3 Å². The monoisotopic (exact) mass is 389 g/mol. The zero-order valence-corrected chi connectivity index (χ0v) is 14.9. The summed E-state index contributed by atoms with van der Waals surface area (Å²) >= 11 is 0. The molecule has 0 saturated carbocycles. The molecule has 0 atom stereocenters. The van der Waals surface area contributed by atoms with Crippen molar-refractivity contribution in [2.45, 2.75) is 0 Å². The van der Waals surface area contributed by atoms with Gasteiger partial charge in [0, 0.05) is 17.9 Å². The highest BCUT2D eigenvalue weighted by Gasteiger charge is 2.14. The first-order valence-electron chi connectivity index (χ1n) is 8.42. The number of carbonyl (C=O) groups is 3. The Hall–Kier alpha value is -3.46. The van der Waals surface area contributed by atoms with Crippen LogP contribution in [-0.2, 0) is 14.3 Å². The van der Waals surface area contributed by atoms with Gasteiger partial charge < -0.3 is 25.8 Å². The van der Waals surface area contributed by atoms with Gasteiger partial charge in [-0.05, 0) is 36.4 Å². The molecular formula is C19H20FN3O5. The molecule has 0 heterocycles. The third kappa shape index (κ3) is 6.69. The molecule has 9 heteroatoms. The number of amides is 2. The highest BCUT2D eigenvalue weighted by molar-refractivity contribution is 5.97. The number of hydrogen-bond acceptors (Lipinski definition) is 6. The average molecular weight is 389 g/mol. The molecule has 28 heavy (non-hydrogen) atoms. The number of halogens is 1. The van der Waals surface area contributed by atoms with Crippen molar-refractivity contribution in [3.8, 4) is 0 Å². The van der Waals surface area contributed by atoms with E-state index < -0.39 is 30.2 Å². The van der Waals surface area contributed by atoms with Gasteiger partial charge in [0.05, 0.1) is 18.7 Å². The SMILES string of the molecule is O=C(COC(=O)c1ccccc1NCCO)NCC(=O)Nc1ccc(F)cc1. The fraction of sp³-hybridized carbons (Fsp3) is 0.211. The van der Waals surface area contributed by atoms with Crippen molar-refractivity contribution in [3.05, 3.63) is 59.9 Å². The largest absolute Gasteiger partial charge is 0.452 e. The third-order valence-corrected chi connectivity index (χ3v) is 3.48. The number of anilines is 2. The van der Waals surface area contributed by atoms with Gasteiger partial charge in [-0.2, -0.15) is 0 Å². The van der Waals surface area contributed by atoms with Gasteiger partial charge in [0.25, 0.3) is 5.91 Å². The van der Waals surface area contributed by atoms with E-state index in [9.17, 15) is 18.8 Å². The number of carbonyl (C=O) groups excluding carboxylic acids is 3. The standard InChI is InChI=1S/C19H20FN3O5/c20-13-5-7-14(8-6-13)23-17(25)11-22-18(26)12-28-19(27)15-3-1-2-4-16(15)21-9-10-24/h1-8,21,24H,9-12H2,(H,22,26)(H,23,25). The predicted molar refractivity (Wildman–Crippen MR) is 100 cm³/mol. The maximum atomic E-state index is 12.8. The Kier molecular flexibility index (Phi) is 7.92. The summed E-state index contributed by atoms with van der Waals surface area (Å²) in [5, 5.41) is 16.5. The Labute approximate surface area is 160 Å². The Morgan fingerprint density at radius 1 is 1.00 bits per heavy atom. The third-order valence-electron chi connectivity index (χ3n) is 3.48. The van der Waals surface area contributed by atoms with Crippen molar-refractivity contribution in [2.24, 2.45) is 0 Å². The van der Waals surface area contributed by atoms with Crippen LogP contribution in [0.3, 0.4) is 0 Å². The summed E-state index contributed by atoms with van der Waals surface area (Å²) in [7, 11) is 0. The maximum absolute atomic E-state index is 12.8. The lowest BCUT2D eigenvalue weighted by Gasteiger charge is -2.11. The number of rotatable bonds is 9. The van der Waals surface area contributed by atoms with Gasteiger partial charge >= 0.3 is 5.97 Å². The van der Waals surface area contributed by atoms with E-state index in [1.54, 1.807) is 18.2 Å². The lowest BCUT2D eigenvalue weighted by atomic mass is 10.2. The Bertz CT molecular complexity index is 827. The van der Waals surface area contributed by atoms with Gasteiger partial charge in [0.1, 0.15) is 5.82 Å². The van der Waals surface area contributed by atoms with Gasteiger partial charge in [-0.15, -0.1) is 0 Å². The van der Waals surface area contributed by atoms with Crippen LogP contribution in [0.4, 0.5) is 15.8 Å². The summed E-state index contributed by atoms with van der Waals surface area (Å²) in [6, 6.07) is 11.7. The van der Waals surface area contributed by atoms with Crippen molar-refractivity contribution in [3.63, 3.8) is 0 Å². The van der Waals surface area contributed by atoms with E-state index >= 15 is 0 Å². The molecule has 0 aliphatic carbocycles. The van der Waals surface area contributed by atoms with Gasteiger partial charge in [-0.3, -0.25) is 9.59 Å². The molecule has 0 spiro atoms. The molecule has 0 saturated heterocycles. The van der Waals surface area contributed by atoms with Crippen LogP contribution in [0.1, 0.15) is 10.4 Å². The van der Waals surface area contributed by atoms with Crippen LogP contribution >= 0.6 is 0 Å². The Balaban J connectivity index is 1.77. The molecular weight excluding hydrogens is 369 g/mol. The van der Waals surface area contributed by atoms with Crippen LogP contribution < -0.4 is 16.0 Å². The van der Waals surface area contributed by atoms with Crippen molar-refractivity contribution < 1.29 is 28.6 Å². The predicted octanol–water partition coefficient (Wildman–Crippen LogP) is 1.14. The van der Waals surface area contributed by atoms with Crippen molar-refractivity contribution in [1.29, 1.82) is 0 Å². The minimum atomic E-state index is -0.716. The minimum absolute atomic E-state index is 0.105.